The lowest BCUT2D eigenvalue weighted by atomic mass is 10.0. The lowest BCUT2D eigenvalue weighted by molar-refractivity contribution is -0.115. The number of amides is 2. The molecule has 142 valence electrons. The first-order valence-electron chi connectivity index (χ1n) is 9.46. The number of nitrogens with one attached hydrogen (secondary N) is 2. The smallest absolute Gasteiger partial charge is 0.271 e. The Balaban J connectivity index is 2.05. The molecule has 0 aromatic heterocycles. The molecule has 2 rings (SSSR count). The summed E-state index contributed by atoms with van der Waals surface area (Å²) in [5.41, 5.74) is 5.72. The van der Waals surface area contributed by atoms with E-state index >= 15 is 0 Å². The van der Waals surface area contributed by atoms with Crippen molar-refractivity contribution in [3.8, 4) is 0 Å². The Hall–Kier alpha value is -2.95. The third-order valence-corrected chi connectivity index (χ3v) is 4.17. The van der Waals surface area contributed by atoms with Crippen molar-refractivity contribution in [2.24, 2.45) is 5.10 Å². The molecule has 27 heavy (non-hydrogen) atoms. The predicted octanol–water partition coefficient (Wildman–Crippen LogP) is 4.75. The first-order valence-corrected chi connectivity index (χ1v) is 9.46. The van der Waals surface area contributed by atoms with Gasteiger partial charge in [-0.25, -0.2) is 5.43 Å². The molecule has 0 aliphatic carbocycles. The Morgan fingerprint density at radius 1 is 0.889 bits per heavy atom. The van der Waals surface area contributed by atoms with Gasteiger partial charge in [-0.05, 0) is 42.7 Å². The molecule has 2 aromatic rings. The Kier molecular flexibility index (Phi) is 8.23. The largest absolute Gasteiger partial charge is 0.326 e. The molecule has 0 radical (unpaired) electrons. The first kappa shape index (κ1) is 20.4. The van der Waals surface area contributed by atoms with Crippen LogP contribution in [0.4, 0.5) is 5.69 Å². The van der Waals surface area contributed by atoms with Gasteiger partial charge in [-0.1, -0.05) is 57.0 Å². The maximum Gasteiger partial charge on any atom is 0.271 e. The highest BCUT2D eigenvalue weighted by atomic mass is 16.2. The highest BCUT2D eigenvalue weighted by Crippen LogP contribution is 2.11. The van der Waals surface area contributed by atoms with Gasteiger partial charge in [0.1, 0.15) is 0 Å². The first-order chi connectivity index (χ1) is 13.1. The van der Waals surface area contributed by atoms with E-state index in [2.05, 4.69) is 22.8 Å². The van der Waals surface area contributed by atoms with Crippen LogP contribution in [-0.2, 0) is 4.79 Å². The van der Waals surface area contributed by atoms with Gasteiger partial charge in [-0.3, -0.25) is 9.59 Å². The van der Waals surface area contributed by atoms with Gasteiger partial charge in [0, 0.05) is 17.7 Å². The maximum atomic E-state index is 12.4. The molecule has 2 N–H and O–H groups in total. The van der Waals surface area contributed by atoms with Gasteiger partial charge in [-0.2, -0.15) is 5.10 Å². The van der Waals surface area contributed by atoms with Crippen molar-refractivity contribution in [3.05, 3.63) is 65.7 Å². The zero-order valence-corrected chi connectivity index (χ0v) is 16.0. The normalized spacial score (nSPS) is 11.1. The molecule has 0 fully saturated rings. The summed E-state index contributed by atoms with van der Waals surface area (Å²) in [5.74, 6) is -0.330. The van der Waals surface area contributed by atoms with Crippen molar-refractivity contribution in [2.45, 2.75) is 46.0 Å². The van der Waals surface area contributed by atoms with Crippen molar-refractivity contribution in [1.29, 1.82) is 0 Å². The van der Waals surface area contributed by atoms with Crippen LogP contribution in [0, 0.1) is 0 Å². The van der Waals surface area contributed by atoms with Crippen molar-refractivity contribution < 1.29 is 9.59 Å². The molecule has 5 nitrogen and oxygen atoms in total. The summed E-state index contributed by atoms with van der Waals surface area (Å²) in [4.78, 5) is 23.8. The Morgan fingerprint density at radius 3 is 2.22 bits per heavy atom. The number of hydrogen-bond donors (Lipinski definition) is 2. The van der Waals surface area contributed by atoms with Gasteiger partial charge in [0.25, 0.3) is 5.91 Å². The molecule has 5 heteroatoms. The molecule has 0 bridgehead atoms. The monoisotopic (exact) mass is 365 g/mol. The standard InChI is InChI=1S/C22H27N3O2/c1-3-5-7-12-20(17-10-8-6-9-11-17)24-25-22(27)18-13-15-19(16-14-18)23-21(26)4-2/h6,8-11,13-16H,3-5,7,12H2,1-2H3,(H,23,26)(H,25,27)/b24-20+. The second kappa shape index (κ2) is 10.9. The fraction of sp³-hybridized carbons (Fsp3) is 0.318. The molecular formula is C22H27N3O2. The van der Waals surface area contributed by atoms with Crippen molar-refractivity contribution in [2.75, 3.05) is 5.32 Å². The summed E-state index contributed by atoms with van der Waals surface area (Å²) in [7, 11) is 0. The van der Waals surface area contributed by atoms with Gasteiger partial charge in [-0.15, -0.1) is 0 Å². The van der Waals surface area contributed by atoms with Gasteiger partial charge in [0.05, 0.1) is 5.71 Å². The molecule has 2 aromatic carbocycles. The van der Waals surface area contributed by atoms with E-state index in [0.29, 0.717) is 17.7 Å². The lowest BCUT2D eigenvalue weighted by Gasteiger charge is -2.08. The predicted molar refractivity (Wildman–Crippen MR) is 110 cm³/mol. The van der Waals surface area contributed by atoms with E-state index in [0.717, 1.165) is 37.0 Å². The number of benzene rings is 2. The number of hydrazone groups is 1. The Morgan fingerprint density at radius 2 is 1.59 bits per heavy atom. The summed E-state index contributed by atoms with van der Waals surface area (Å²) in [6.07, 6.45) is 4.53. The molecule has 0 saturated heterocycles. The van der Waals surface area contributed by atoms with Crippen LogP contribution >= 0.6 is 0 Å². The maximum absolute atomic E-state index is 12.4. The van der Waals surface area contributed by atoms with Crippen molar-refractivity contribution >= 4 is 23.2 Å². The fourth-order valence-corrected chi connectivity index (χ4v) is 2.57. The van der Waals surface area contributed by atoms with Crippen LogP contribution < -0.4 is 10.7 Å². The van der Waals surface area contributed by atoms with Gasteiger partial charge in [0.15, 0.2) is 0 Å². The second-order valence-corrected chi connectivity index (χ2v) is 6.30. The topological polar surface area (TPSA) is 70.6 Å². The minimum atomic E-state index is -0.271. The zero-order chi connectivity index (χ0) is 19.5. The molecule has 0 aliphatic heterocycles. The number of carbonyl (C=O) groups is 2. The Labute approximate surface area is 160 Å². The second-order valence-electron chi connectivity index (χ2n) is 6.30. The lowest BCUT2D eigenvalue weighted by Crippen LogP contribution is -2.20. The van der Waals surface area contributed by atoms with Crippen LogP contribution in [-0.4, -0.2) is 17.5 Å². The highest BCUT2D eigenvalue weighted by molar-refractivity contribution is 6.02. The van der Waals surface area contributed by atoms with E-state index in [4.69, 9.17) is 0 Å². The number of carbonyl (C=O) groups excluding carboxylic acids is 2. The third kappa shape index (κ3) is 6.70. The van der Waals surface area contributed by atoms with Crippen LogP contribution in [0.5, 0.6) is 0 Å². The minimum absolute atomic E-state index is 0.0589. The SMILES string of the molecule is CCCCC/C(=N\NC(=O)c1ccc(NC(=O)CC)cc1)c1ccccc1. The van der Waals surface area contributed by atoms with E-state index in [1.165, 1.54) is 0 Å². The van der Waals surface area contributed by atoms with Crippen LogP contribution in [0.1, 0.15) is 61.9 Å². The number of anilines is 1. The van der Waals surface area contributed by atoms with E-state index < -0.39 is 0 Å². The van der Waals surface area contributed by atoms with Crippen LogP contribution in [0.25, 0.3) is 0 Å². The van der Waals surface area contributed by atoms with Gasteiger partial charge >= 0.3 is 0 Å². The van der Waals surface area contributed by atoms with E-state index in [1.54, 1.807) is 31.2 Å². The summed E-state index contributed by atoms with van der Waals surface area (Å²) in [5, 5.41) is 7.13. The molecule has 0 spiro atoms. The summed E-state index contributed by atoms with van der Waals surface area (Å²) in [6.45, 7) is 3.95. The minimum Gasteiger partial charge on any atom is -0.326 e. The van der Waals surface area contributed by atoms with Gasteiger partial charge < -0.3 is 5.32 Å². The number of hydrogen-bond acceptors (Lipinski definition) is 3. The van der Waals surface area contributed by atoms with E-state index in [-0.39, 0.29) is 11.8 Å². The average Bonchev–Trinajstić information content (AvgIpc) is 2.71. The molecule has 0 unspecified atom stereocenters. The molecule has 2 amide bonds. The molecule has 0 aliphatic rings. The summed E-state index contributed by atoms with van der Waals surface area (Å²) in [6, 6.07) is 16.7. The van der Waals surface area contributed by atoms with E-state index in [9.17, 15) is 9.59 Å². The van der Waals surface area contributed by atoms with Crippen molar-refractivity contribution in [1.82, 2.24) is 5.43 Å². The third-order valence-electron chi connectivity index (χ3n) is 4.17. The quantitative estimate of drug-likeness (QED) is 0.382. The fourth-order valence-electron chi connectivity index (χ4n) is 2.57. The van der Waals surface area contributed by atoms with Crippen LogP contribution in [0.3, 0.4) is 0 Å². The number of nitrogens with zero attached hydrogens (tertiary/aromatic N) is 1. The van der Waals surface area contributed by atoms with E-state index in [1.807, 2.05) is 30.3 Å². The van der Waals surface area contributed by atoms with Crippen molar-refractivity contribution in [3.63, 3.8) is 0 Å². The number of unbranched alkanes of at least 4 members (excludes halogenated alkanes) is 2. The molecule has 0 atom stereocenters. The van der Waals surface area contributed by atoms with Crippen LogP contribution in [0.2, 0.25) is 0 Å². The van der Waals surface area contributed by atoms with Gasteiger partial charge in [0.2, 0.25) is 5.91 Å². The summed E-state index contributed by atoms with van der Waals surface area (Å²) >= 11 is 0. The molecule has 0 heterocycles. The average molecular weight is 365 g/mol. The van der Waals surface area contributed by atoms with Crippen LogP contribution in [0.15, 0.2) is 59.7 Å². The Bertz CT molecular complexity index is 768. The summed E-state index contributed by atoms with van der Waals surface area (Å²) < 4.78 is 0. The molecular weight excluding hydrogens is 338 g/mol. The molecule has 0 saturated carbocycles. The highest BCUT2D eigenvalue weighted by Gasteiger charge is 2.08. The zero-order valence-electron chi connectivity index (χ0n) is 16.0. The number of rotatable bonds is 9.